The minimum absolute atomic E-state index is 0.0557. The third-order valence-electron chi connectivity index (χ3n) is 3.78. The smallest absolute Gasteiger partial charge is 0.137 e. The van der Waals surface area contributed by atoms with Gasteiger partial charge in [0.05, 0.1) is 11.4 Å². The molecule has 1 aromatic carbocycles. The second-order valence-corrected chi connectivity index (χ2v) is 5.20. The van der Waals surface area contributed by atoms with E-state index in [9.17, 15) is 4.39 Å². The van der Waals surface area contributed by atoms with Gasteiger partial charge in [-0.15, -0.1) is 0 Å². The monoisotopic (exact) mass is 283 g/mol. The molecule has 108 valence electrons. The largest absolute Gasteiger partial charge is 0.304 e. The number of nitrogens with zero attached hydrogens (tertiary/aromatic N) is 2. The summed E-state index contributed by atoms with van der Waals surface area (Å²) < 4.78 is 15.8. The standard InChI is InChI=1S/C17H18FN3/c1-12(14-7-3-4-8-15(14)18)19-11-16-13(2)20-17-9-5-6-10-21(16)17/h3-10,12,19H,11H2,1-2H3. The summed E-state index contributed by atoms with van der Waals surface area (Å²) in [6, 6.07) is 12.8. The molecular weight excluding hydrogens is 265 g/mol. The summed E-state index contributed by atoms with van der Waals surface area (Å²) in [5, 5.41) is 3.37. The molecule has 0 amide bonds. The van der Waals surface area contributed by atoms with Crippen molar-refractivity contribution >= 4 is 5.65 Å². The molecular formula is C17H18FN3. The van der Waals surface area contributed by atoms with Crippen LogP contribution in [-0.2, 0) is 6.54 Å². The van der Waals surface area contributed by atoms with Crippen molar-refractivity contribution in [2.75, 3.05) is 0 Å². The Morgan fingerprint density at radius 2 is 1.95 bits per heavy atom. The van der Waals surface area contributed by atoms with Crippen LogP contribution in [0.15, 0.2) is 48.7 Å². The highest BCUT2D eigenvalue weighted by molar-refractivity contribution is 5.42. The Morgan fingerprint density at radius 1 is 1.19 bits per heavy atom. The molecule has 2 heterocycles. The molecule has 3 aromatic rings. The first-order valence-electron chi connectivity index (χ1n) is 7.07. The zero-order valence-corrected chi connectivity index (χ0v) is 12.2. The summed E-state index contributed by atoms with van der Waals surface area (Å²) in [5.41, 5.74) is 3.72. The molecule has 1 unspecified atom stereocenters. The topological polar surface area (TPSA) is 29.3 Å². The van der Waals surface area contributed by atoms with Crippen LogP contribution in [0.1, 0.15) is 29.9 Å². The Morgan fingerprint density at radius 3 is 2.76 bits per heavy atom. The van der Waals surface area contributed by atoms with Gasteiger partial charge in [-0.1, -0.05) is 24.3 Å². The summed E-state index contributed by atoms with van der Waals surface area (Å²) in [5.74, 6) is -0.174. The molecule has 0 aliphatic rings. The highest BCUT2D eigenvalue weighted by Gasteiger charge is 2.12. The van der Waals surface area contributed by atoms with Crippen LogP contribution in [0.25, 0.3) is 5.65 Å². The normalized spacial score (nSPS) is 12.7. The molecule has 0 bridgehead atoms. The van der Waals surface area contributed by atoms with Crippen molar-refractivity contribution in [3.05, 3.63) is 71.4 Å². The summed E-state index contributed by atoms with van der Waals surface area (Å²) in [6.45, 7) is 4.61. The molecule has 0 saturated heterocycles. The van der Waals surface area contributed by atoms with Crippen molar-refractivity contribution in [3.8, 4) is 0 Å². The van der Waals surface area contributed by atoms with E-state index < -0.39 is 0 Å². The Balaban J connectivity index is 1.81. The van der Waals surface area contributed by atoms with Crippen LogP contribution in [0.3, 0.4) is 0 Å². The second-order valence-electron chi connectivity index (χ2n) is 5.20. The SMILES string of the molecule is Cc1nc2ccccn2c1CNC(C)c1ccccc1F. The van der Waals surface area contributed by atoms with Crippen molar-refractivity contribution in [2.24, 2.45) is 0 Å². The third kappa shape index (κ3) is 2.67. The van der Waals surface area contributed by atoms with Crippen molar-refractivity contribution in [1.82, 2.24) is 14.7 Å². The molecule has 0 radical (unpaired) electrons. The molecule has 2 aromatic heterocycles. The molecule has 1 N–H and O–H groups in total. The summed E-state index contributed by atoms with van der Waals surface area (Å²) in [6.07, 6.45) is 2.00. The van der Waals surface area contributed by atoms with Gasteiger partial charge in [0.25, 0.3) is 0 Å². The van der Waals surface area contributed by atoms with Crippen LogP contribution >= 0.6 is 0 Å². The zero-order valence-electron chi connectivity index (χ0n) is 12.2. The number of hydrogen-bond acceptors (Lipinski definition) is 2. The van der Waals surface area contributed by atoms with Crippen LogP contribution in [0.4, 0.5) is 4.39 Å². The molecule has 21 heavy (non-hydrogen) atoms. The first-order valence-corrected chi connectivity index (χ1v) is 7.07. The lowest BCUT2D eigenvalue weighted by Gasteiger charge is -2.15. The quantitative estimate of drug-likeness (QED) is 0.792. The number of aryl methyl sites for hydroxylation is 1. The Hall–Kier alpha value is -2.20. The Kier molecular flexibility index (Phi) is 3.71. The first kappa shape index (κ1) is 13.8. The van der Waals surface area contributed by atoms with Crippen LogP contribution in [0, 0.1) is 12.7 Å². The van der Waals surface area contributed by atoms with Gasteiger partial charge in [-0.2, -0.15) is 0 Å². The van der Waals surface area contributed by atoms with Crippen molar-refractivity contribution in [2.45, 2.75) is 26.4 Å². The van der Waals surface area contributed by atoms with Crippen LogP contribution in [0.5, 0.6) is 0 Å². The van der Waals surface area contributed by atoms with Crippen LogP contribution in [0.2, 0.25) is 0 Å². The molecule has 4 heteroatoms. The van der Waals surface area contributed by atoms with E-state index in [0.29, 0.717) is 12.1 Å². The van der Waals surface area contributed by atoms with E-state index in [0.717, 1.165) is 17.0 Å². The van der Waals surface area contributed by atoms with Gasteiger partial charge in [0.1, 0.15) is 11.5 Å². The van der Waals surface area contributed by atoms with Crippen molar-refractivity contribution < 1.29 is 4.39 Å². The van der Waals surface area contributed by atoms with Gasteiger partial charge in [-0.05, 0) is 32.0 Å². The number of fused-ring (bicyclic) bond motifs is 1. The molecule has 0 aliphatic heterocycles. The van der Waals surface area contributed by atoms with Crippen molar-refractivity contribution in [3.63, 3.8) is 0 Å². The highest BCUT2D eigenvalue weighted by atomic mass is 19.1. The van der Waals surface area contributed by atoms with Gasteiger partial charge < -0.3 is 9.72 Å². The number of hydrogen-bond donors (Lipinski definition) is 1. The predicted molar refractivity (Wildman–Crippen MR) is 81.6 cm³/mol. The molecule has 3 rings (SSSR count). The molecule has 0 fully saturated rings. The average molecular weight is 283 g/mol. The van der Waals surface area contributed by atoms with E-state index in [1.165, 1.54) is 6.07 Å². The van der Waals surface area contributed by atoms with E-state index in [4.69, 9.17) is 0 Å². The predicted octanol–water partition coefficient (Wildman–Crippen LogP) is 3.63. The number of rotatable bonds is 4. The van der Waals surface area contributed by atoms with Gasteiger partial charge in [0, 0.05) is 24.3 Å². The van der Waals surface area contributed by atoms with Gasteiger partial charge >= 0.3 is 0 Å². The van der Waals surface area contributed by atoms with E-state index >= 15 is 0 Å². The lowest BCUT2D eigenvalue weighted by molar-refractivity contribution is 0.523. The molecule has 1 atom stereocenters. The fraction of sp³-hybridized carbons (Fsp3) is 0.235. The number of benzene rings is 1. The minimum Gasteiger partial charge on any atom is -0.304 e. The summed E-state index contributed by atoms with van der Waals surface area (Å²) in [4.78, 5) is 4.53. The van der Waals surface area contributed by atoms with Gasteiger partial charge in [0.2, 0.25) is 0 Å². The van der Waals surface area contributed by atoms with Crippen LogP contribution in [-0.4, -0.2) is 9.38 Å². The van der Waals surface area contributed by atoms with E-state index in [1.54, 1.807) is 6.07 Å². The van der Waals surface area contributed by atoms with Gasteiger partial charge in [-0.3, -0.25) is 0 Å². The summed E-state index contributed by atoms with van der Waals surface area (Å²) in [7, 11) is 0. The number of aromatic nitrogens is 2. The van der Waals surface area contributed by atoms with Gasteiger partial charge in [-0.25, -0.2) is 9.37 Å². The highest BCUT2D eigenvalue weighted by Crippen LogP contribution is 2.18. The minimum atomic E-state index is -0.174. The number of halogens is 1. The third-order valence-corrected chi connectivity index (χ3v) is 3.78. The van der Waals surface area contributed by atoms with E-state index in [1.807, 2.05) is 50.4 Å². The zero-order chi connectivity index (χ0) is 14.8. The molecule has 0 aliphatic carbocycles. The lowest BCUT2D eigenvalue weighted by Crippen LogP contribution is -2.20. The maximum Gasteiger partial charge on any atom is 0.137 e. The molecule has 0 spiro atoms. The van der Waals surface area contributed by atoms with E-state index in [2.05, 4.69) is 14.7 Å². The fourth-order valence-corrected chi connectivity index (χ4v) is 2.56. The lowest BCUT2D eigenvalue weighted by atomic mass is 10.1. The first-order chi connectivity index (χ1) is 10.2. The Labute approximate surface area is 123 Å². The molecule has 0 saturated carbocycles. The second kappa shape index (κ2) is 5.66. The van der Waals surface area contributed by atoms with Crippen molar-refractivity contribution in [1.29, 1.82) is 0 Å². The Bertz CT molecular complexity index is 764. The fourth-order valence-electron chi connectivity index (χ4n) is 2.56. The number of imidazole rings is 1. The maximum absolute atomic E-state index is 13.8. The van der Waals surface area contributed by atoms with Gasteiger partial charge in [0.15, 0.2) is 0 Å². The maximum atomic E-state index is 13.8. The van der Waals surface area contributed by atoms with Crippen LogP contribution < -0.4 is 5.32 Å². The number of nitrogens with one attached hydrogen (secondary N) is 1. The average Bonchev–Trinajstić information content (AvgIpc) is 2.81. The van der Waals surface area contributed by atoms with E-state index in [-0.39, 0.29) is 11.9 Å². The molecule has 3 nitrogen and oxygen atoms in total. The summed E-state index contributed by atoms with van der Waals surface area (Å²) >= 11 is 0. The number of pyridine rings is 1.